The Morgan fingerprint density at radius 2 is 1.51 bits per heavy atom. The summed E-state index contributed by atoms with van der Waals surface area (Å²) in [6.45, 7) is 8.65. The van der Waals surface area contributed by atoms with E-state index in [4.69, 9.17) is 37.4 Å². The Hall–Kier alpha value is -3.42. The average Bonchev–Trinajstić information content (AvgIpc) is 3.04. The fraction of sp³-hybridized carbons (Fsp3) is 0.333. The number of ether oxygens (including phenoxy) is 3. The molecule has 2 aliphatic heterocycles. The SMILES string of the molecule is COc1cc(Nc2c(C#N)cnc3cc(-c4ccc(CN5CCOCC5)c(CN5CCOCC5)c4)ccc23)c(Cl)cc1Cl. The second-order valence-electron chi connectivity index (χ2n) is 10.7. The summed E-state index contributed by atoms with van der Waals surface area (Å²) in [5.41, 5.74) is 7.24. The van der Waals surface area contributed by atoms with Crippen LogP contribution in [-0.2, 0) is 22.6 Å². The third-order valence-corrected chi connectivity index (χ3v) is 8.63. The first kappa shape index (κ1) is 29.6. The van der Waals surface area contributed by atoms with Gasteiger partial charge in [0, 0.05) is 56.9 Å². The number of hydrogen-bond donors (Lipinski definition) is 1. The molecule has 1 aromatic heterocycles. The van der Waals surface area contributed by atoms with E-state index in [0.29, 0.717) is 32.7 Å². The second kappa shape index (κ2) is 13.5. The van der Waals surface area contributed by atoms with E-state index in [1.807, 2.05) is 6.07 Å². The number of nitrogens with zero attached hydrogens (tertiary/aromatic N) is 4. The first-order chi connectivity index (χ1) is 21.0. The lowest BCUT2D eigenvalue weighted by Crippen LogP contribution is -2.37. The summed E-state index contributed by atoms with van der Waals surface area (Å²) in [7, 11) is 1.55. The second-order valence-corrected chi connectivity index (χ2v) is 11.6. The number of nitriles is 1. The summed E-state index contributed by atoms with van der Waals surface area (Å²) < 4.78 is 16.5. The number of aromatic nitrogens is 1. The standard InChI is InChI=1S/C33H33Cl2N5O3/c1-41-32-17-31(28(34)16-29(32)35)38-33-26(18-36)19-37-30-15-23(4-5-27(30)33)22-2-3-24(20-39-6-10-42-11-7-39)25(14-22)21-40-8-12-43-13-9-40/h2-5,14-17,19H,6-13,20-21H2,1H3,(H,37,38). The number of benzene rings is 3. The lowest BCUT2D eigenvalue weighted by atomic mass is 9.96. The van der Waals surface area contributed by atoms with Crippen molar-refractivity contribution in [3.05, 3.63) is 81.5 Å². The number of hydrogen-bond acceptors (Lipinski definition) is 8. The van der Waals surface area contributed by atoms with Crippen LogP contribution in [0.4, 0.5) is 11.4 Å². The highest BCUT2D eigenvalue weighted by Crippen LogP contribution is 2.38. The van der Waals surface area contributed by atoms with E-state index >= 15 is 0 Å². The lowest BCUT2D eigenvalue weighted by Gasteiger charge is -2.30. The summed E-state index contributed by atoms with van der Waals surface area (Å²) in [6.07, 6.45) is 1.59. The molecular formula is C33H33Cl2N5O3. The van der Waals surface area contributed by atoms with Gasteiger partial charge in [-0.3, -0.25) is 14.8 Å². The highest BCUT2D eigenvalue weighted by molar-refractivity contribution is 6.37. The van der Waals surface area contributed by atoms with Gasteiger partial charge < -0.3 is 19.5 Å². The van der Waals surface area contributed by atoms with Gasteiger partial charge in [-0.2, -0.15) is 5.26 Å². The molecule has 0 unspecified atom stereocenters. The molecule has 10 heteroatoms. The number of morpholine rings is 2. The monoisotopic (exact) mass is 617 g/mol. The minimum Gasteiger partial charge on any atom is -0.495 e. The fourth-order valence-corrected chi connectivity index (χ4v) is 6.12. The maximum atomic E-state index is 9.88. The third kappa shape index (κ3) is 6.73. The van der Waals surface area contributed by atoms with Gasteiger partial charge in [0.25, 0.3) is 0 Å². The topological polar surface area (TPSA) is 82.9 Å². The van der Waals surface area contributed by atoms with Gasteiger partial charge >= 0.3 is 0 Å². The van der Waals surface area contributed by atoms with E-state index in [-0.39, 0.29) is 0 Å². The van der Waals surface area contributed by atoms with Crippen LogP contribution in [0.15, 0.2) is 54.7 Å². The number of anilines is 2. The van der Waals surface area contributed by atoms with Crippen LogP contribution in [0, 0.1) is 11.3 Å². The van der Waals surface area contributed by atoms with Crippen LogP contribution in [0.2, 0.25) is 10.0 Å². The normalized spacial score (nSPS) is 16.2. The minimum absolute atomic E-state index is 0.408. The summed E-state index contributed by atoms with van der Waals surface area (Å²) >= 11 is 12.7. The highest BCUT2D eigenvalue weighted by Gasteiger charge is 2.18. The van der Waals surface area contributed by atoms with Crippen molar-refractivity contribution < 1.29 is 14.2 Å². The summed E-state index contributed by atoms with van der Waals surface area (Å²) in [4.78, 5) is 9.57. The van der Waals surface area contributed by atoms with E-state index in [0.717, 1.165) is 87.7 Å². The van der Waals surface area contributed by atoms with Crippen LogP contribution in [-0.4, -0.2) is 74.5 Å². The van der Waals surface area contributed by atoms with Crippen molar-refractivity contribution in [1.29, 1.82) is 5.26 Å². The van der Waals surface area contributed by atoms with Crippen molar-refractivity contribution in [3.63, 3.8) is 0 Å². The van der Waals surface area contributed by atoms with Gasteiger partial charge in [-0.05, 0) is 40.5 Å². The molecule has 2 fully saturated rings. The molecule has 0 atom stereocenters. The summed E-state index contributed by atoms with van der Waals surface area (Å²) in [6, 6.07) is 18.5. The van der Waals surface area contributed by atoms with E-state index < -0.39 is 0 Å². The molecule has 0 radical (unpaired) electrons. The van der Waals surface area contributed by atoms with Crippen molar-refractivity contribution in [2.75, 3.05) is 65.0 Å². The number of halogens is 2. The van der Waals surface area contributed by atoms with E-state index in [2.05, 4.69) is 56.5 Å². The predicted molar refractivity (Wildman–Crippen MR) is 170 cm³/mol. The molecular weight excluding hydrogens is 585 g/mol. The quantitative estimate of drug-likeness (QED) is 0.240. The Morgan fingerprint density at radius 1 is 0.860 bits per heavy atom. The number of fused-ring (bicyclic) bond motifs is 1. The van der Waals surface area contributed by atoms with Gasteiger partial charge in [-0.1, -0.05) is 47.5 Å². The smallest absolute Gasteiger partial charge is 0.139 e. The summed E-state index contributed by atoms with van der Waals surface area (Å²) in [5, 5.41) is 14.9. The first-order valence-corrected chi connectivity index (χ1v) is 15.1. The lowest BCUT2D eigenvalue weighted by molar-refractivity contribution is 0.0309. The average molecular weight is 619 g/mol. The van der Waals surface area contributed by atoms with Crippen LogP contribution in [0.3, 0.4) is 0 Å². The Kier molecular flexibility index (Phi) is 9.29. The number of methoxy groups -OCH3 is 1. The zero-order chi connectivity index (χ0) is 29.8. The molecule has 6 rings (SSSR count). The third-order valence-electron chi connectivity index (χ3n) is 8.03. The Morgan fingerprint density at radius 3 is 2.19 bits per heavy atom. The van der Waals surface area contributed by atoms with Crippen molar-refractivity contribution in [2.24, 2.45) is 0 Å². The van der Waals surface area contributed by atoms with Crippen molar-refractivity contribution in [1.82, 2.24) is 14.8 Å². The molecule has 43 heavy (non-hydrogen) atoms. The molecule has 2 aliphatic rings. The maximum absolute atomic E-state index is 9.88. The molecule has 3 heterocycles. The molecule has 0 saturated carbocycles. The van der Waals surface area contributed by atoms with Crippen LogP contribution < -0.4 is 10.1 Å². The first-order valence-electron chi connectivity index (χ1n) is 14.4. The maximum Gasteiger partial charge on any atom is 0.139 e. The van der Waals surface area contributed by atoms with Gasteiger partial charge in [0.05, 0.1) is 66.0 Å². The van der Waals surface area contributed by atoms with Crippen molar-refractivity contribution in [3.8, 4) is 22.9 Å². The number of nitrogens with one attached hydrogen (secondary N) is 1. The number of pyridine rings is 1. The van der Waals surface area contributed by atoms with Gasteiger partial charge in [0.1, 0.15) is 11.8 Å². The Balaban J connectivity index is 1.35. The molecule has 0 aliphatic carbocycles. The van der Waals surface area contributed by atoms with Gasteiger partial charge in [-0.15, -0.1) is 0 Å². The van der Waals surface area contributed by atoms with Crippen LogP contribution in [0.5, 0.6) is 5.75 Å². The molecule has 3 aromatic carbocycles. The molecule has 8 nitrogen and oxygen atoms in total. The number of rotatable bonds is 8. The molecule has 1 N–H and O–H groups in total. The minimum atomic E-state index is 0.408. The zero-order valence-corrected chi connectivity index (χ0v) is 25.5. The molecule has 2 saturated heterocycles. The molecule has 4 aromatic rings. The summed E-state index contributed by atoms with van der Waals surface area (Å²) in [5.74, 6) is 0.484. The van der Waals surface area contributed by atoms with Crippen LogP contribution in [0.1, 0.15) is 16.7 Å². The van der Waals surface area contributed by atoms with Crippen molar-refractivity contribution >= 4 is 45.5 Å². The molecule has 0 spiro atoms. The fourth-order valence-electron chi connectivity index (χ4n) is 5.62. The van der Waals surface area contributed by atoms with Gasteiger partial charge in [-0.25, -0.2) is 0 Å². The molecule has 0 bridgehead atoms. The van der Waals surface area contributed by atoms with Gasteiger partial charge in [0.15, 0.2) is 0 Å². The van der Waals surface area contributed by atoms with E-state index in [1.54, 1.807) is 25.4 Å². The predicted octanol–water partition coefficient (Wildman–Crippen LogP) is 6.50. The highest BCUT2D eigenvalue weighted by atomic mass is 35.5. The Labute approximate surface area is 261 Å². The largest absolute Gasteiger partial charge is 0.495 e. The van der Waals surface area contributed by atoms with E-state index in [9.17, 15) is 5.26 Å². The van der Waals surface area contributed by atoms with E-state index in [1.165, 1.54) is 11.1 Å². The van der Waals surface area contributed by atoms with Crippen LogP contribution >= 0.6 is 23.2 Å². The van der Waals surface area contributed by atoms with Crippen LogP contribution in [0.25, 0.3) is 22.0 Å². The van der Waals surface area contributed by atoms with Crippen molar-refractivity contribution in [2.45, 2.75) is 13.1 Å². The van der Waals surface area contributed by atoms with Gasteiger partial charge in [0.2, 0.25) is 0 Å². The Bertz CT molecular complexity index is 1660. The molecule has 0 amide bonds. The molecule has 222 valence electrons. The zero-order valence-electron chi connectivity index (χ0n) is 24.0.